The number of hydrogen-bond acceptors (Lipinski definition) is 4. The first-order chi connectivity index (χ1) is 7.34. The van der Waals surface area contributed by atoms with E-state index in [1.807, 2.05) is 0 Å². The van der Waals surface area contributed by atoms with Crippen LogP contribution in [0.1, 0.15) is 57.8 Å². The second-order valence-electron chi connectivity index (χ2n) is 3.86. The van der Waals surface area contributed by atoms with Gasteiger partial charge >= 0.3 is 0 Å². The minimum absolute atomic E-state index is 0.190. The van der Waals surface area contributed by atoms with Crippen molar-refractivity contribution in [2.45, 2.75) is 52.0 Å². The lowest BCUT2D eigenvalue weighted by atomic mass is 10.1. The van der Waals surface area contributed by atoms with Gasteiger partial charge in [0.25, 0.3) is 0 Å². The number of aromatic nitrogens is 4. The number of hydrogen-bond donors (Lipinski definition) is 2. The van der Waals surface area contributed by atoms with E-state index in [0.29, 0.717) is 0 Å². The second-order valence-corrected chi connectivity index (χ2v) is 3.86. The third-order valence-electron chi connectivity index (χ3n) is 2.48. The van der Waals surface area contributed by atoms with Gasteiger partial charge < -0.3 is 5.32 Å². The molecule has 0 radical (unpaired) electrons. The van der Waals surface area contributed by atoms with Crippen LogP contribution in [0.3, 0.4) is 0 Å². The summed E-state index contributed by atoms with van der Waals surface area (Å²) >= 11 is 0. The minimum atomic E-state index is 0.190. The van der Waals surface area contributed by atoms with Gasteiger partial charge in [0.05, 0.1) is 6.04 Å². The maximum absolute atomic E-state index is 3.93. The third kappa shape index (κ3) is 4.88. The molecule has 1 aromatic heterocycles. The number of unbranched alkanes of at least 4 members (excludes halogenated alkanes) is 4. The first-order valence-electron chi connectivity index (χ1n) is 5.81. The van der Waals surface area contributed by atoms with Gasteiger partial charge in [-0.1, -0.05) is 37.8 Å². The zero-order chi connectivity index (χ0) is 10.9. The Labute approximate surface area is 91.0 Å². The maximum Gasteiger partial charge on any atom is 0.191 e. The predicted octanol–water partition coefficient (Wildman–Crippen LogP) is 1.82. The highest BCUT2D eigenvalue weighted by Gasteiger charge is 2.07. The molecule has 2 N–H and O–H groups in total. The van der Waals surface area contributed by atoms with Crippen molar-refractivity contribution < 1.29 is 0 Å². The third-order valence-corrected chi connectivity index (χ3v) is 2.48. The van der Waals surface area contributed by atoms with E-state index in [1.54, 1.807) is 0 Å². The molecule has 1 heterocycles. The number of aromatic amines is 1. The van der Waals surface area contributed by atoms with Crippen LogP contribution in [-0.2, 0) is 0 Å². The fourth-order valence-electron chi connectivity index (χ4n) is 1.49. The Hall–Kier alpha value is -0.970. The van der Waals surface area contributed by atoms with E-state index < -0.39 is 0 Å². The van der Waals surface area contributed by atoms with Crippen LogP contribution in [0.5, 0.6) is 0 Å². The Balaban J connectivity index is 2.00. The molecule has 0 amide bonds. The highest BCUT2D eigenvalue weighted by Crippen LogP contribution is 2.05. The van der Waals surface area contributed by atoms with Gasteiger partial charge in [0.2, 0.25) is 0 Å². The molecule has 0 saturated carbocycles. The first-order valence-corrected chi connectivity index (χ1v) is 5.81. The molecule has 0 spiro atoms. The summed E-state index contributed by atoms with van der Waals surface area (Å²) in [6.45, 7) is 5.31. The molecule has 1 atom stereocenters. The Morgan fingerprint density at radius 3 is 2.73 bits per heavy atom. The molecular formula is C10H21N5. The topological polar surface area (TPSA) is 66.5 Å². The molecule has 0 saturated heterocycles. The summed E-state index contributed by atoms with van der Waals surface area (Å²) in [7, 11) is 0. The Morgan fingerprint density at radius 1 is 1.27 bits per heavy atom. The number of tetrazole rings is 1. The van der Waals surface area contributed by atoms with Gasteiger partial charge in [0.15, 0.2) is 5.82 Å². The quantitative estimate of drug-likeness (QED) is 0.644. The van der Waals surface area contributed by atoms with Crippen LogP contribution in [0.25, 0.3) is 0 Å². The fourth-order valence-corrected chi connectivity index (χ4v) is 1.49. The molecule has 0 aliphatic carbocycles. The SMILES string of the molecule is CCCCCCCNC(C)c1nn[nH]n1. The zero-order valence-electron chi connectivity index (χ0n) is 9.66. The largest absolute Gasteiger partial charge is 0.307 e. The molecule has 86 valence electrons. The number of nitrogens with zero attached hydrogens (tertiary/aromatic N) is 3. The molecule has 1 aromatic rings. The van der Waals surface area contributed by atoms with Gasteiger partial charge in [0.1, 0.15) is 0 Å². The molecule has 1 rings (SSSR count). The standard InChI is InChI=1S/C10H21N5/c1-3-4-5-6-7-8-11-9(2)10-12-14-15-13-10/h9,11H,3-8H2,1-2H3,(H,12,13,14,15). The molecule has 0 bridgehead atoms. The lowest BCUT2D eigenvalue weighted by Gasteiger charge is -2.08. The number of nitrogens with one attached hydrogen (secondary N) is 2. The molecule has 0 aliphatic heterocycles. The molecular weight excluding hydrogens is 190 g/mol. The van der Waals surface area contributed by atoms with E-state index in [9.17, 15) is 0 Å². The van der Waals surface area contributed by atoms with Gasteiger partial charge in [-0.3, -0.25) is 0 Å². The average molecular weight is 211 g/mol. The van der Waals surface area contributed by atoms with Crippen molar-refractivity contribution in [2.75, 3.05) is 6.54 Å². The average Bonchev–Trinajstić information content (AvgIpc) is 2.76. The summed E-state index contributed by atoms with van der Waals surface area (Å²) < 4.78 is 0. The molecule has 1 unspecified atom stereocenters. The van der Waals surface area contributed by atoms with Crippen molar-refractivity contribution >= 4 is 0 Å². The van der Waals surface area contributed by atoms with Crippen molar-refractivity contribution in [1.29, 1.82) is 0 Å². The molecule has 5 heteroatoms. The lowest BCUT2D eigenvalue weighted by molar-refractivity contribution is 0.514. The summed E-state index contributed by atoms with van der Waals surface area (Å²) in [6.07, 6.45) is 6.52. The molecule has 15 heavy (non-hydrogen) atoms. The normalized spacial score (nSPS) is 12.9. The van der Waals surface area contributed by atoms with Crippen LogP contribution in [-0.4, -0.2) is 27.2 Å². The fraction of sp³-hybridized carbons (Fsp3) is 0.900. The molecule has 0 fully saturated rings. The number of rotatable bonds is 8. The predicted molar refractivity (Wildman–Crippen MR) is 59.4 cm³/mol. The van der Waals surface area contributed by atoms with Crippen molar-refractivity contribution in [3.8, 4) is 0 Å². The smallest absolute Gasteiger partial charge is 0.191 e. The molecule has 0 aromatic carbocycles. The van der Waals surface area contributed by atoms with Crippen molar-refractivity contribution in [2.24, 2.45) is 0 Å². The van der Waals surface area contributed by atoms with Crippen molar-refractivity contribution in [3.05, 3.63) is 5.82 Å². The zero-order valence-corrected chi connectivity index (χ0v) is 9.66. The molecule has 0 aliphatic rings. The van der Waals surface area contributed by atoms with Gasteiger partial charge in [-0.2, -0.15) is 5.21 Å². The van der Waals surface area contributed by atoms with Gasteiger partial charge in [-0.25, -0.2) is 0 Å². The maximum atomic E-state index is 3.93. The Bertz CT molecular complexity index is 234. The minimum Gasteiger partial charge on any atom is -0.307 e. The highest BCUT2D eigenvalue weighted by molar-refractivity contribution is 4.85. The van der Waals surface area contributed by atoms with E-state index in [4.69, 9.17) is 0 Å². The Kier molecular flexibility index (Phi) is 5.92. The van der Waals surface area contributed by atoms with Crippen LogP contribution in [0.2, 0.25) is 0 Å². The van der Waals surface area contributed by atoms with Gasteiger partial charge in [-0.05, 0) is 19.9 Å². The van der Waals surface area contributed by atoms with E-state index in [2.05, 4.69) is 39.8 Å². The summed E-state index contributed by atoms with van der Waals surface area (Å²) in [6, 6.07) is 0.190. The van der Waals surface area contributed by atoms with Gasteiger partial charge in [0, 0.05) is 0 Å². The second kappa shape index (κ2) is 7.34. The van der Waals surface area contributed by atoms with Gasteiger partial charge in [-0.15, -0.1) is 10.2 Å². The van der Waals surface area contributed by atoms with Crippen LogP contribution in [0, 0.1) is 0 Å². The Morgan fingerprint density at radius 2 is 2.07 bits per heavy atom. The first kappa shape index (κ1) is 12.1. The van der Waals surface area contributed by atoms with E-state index in [0.717, 1.165) is 12.4 Å². The van der Waals surface area contributed by atoms with Crippen LogP contribution >= 0.6 is 0 Å². The lowest BCUT2D eigenvalue weighted by Crippen LogP contribution is -2.20. The number of H-pyrrole nitrogens is 1. The highest BCUT2D eigenvalue weighted by atomic mass is 15.5. The van der Waals surface area contributed by atoms with E-state index in [-0.39, 0.29) is 6.04 Å². The monoisotopic (exact) mass is 211 g/mol. The summed E-state index contributed by atoms with van der Waals surface area (Å²) in [5.74, 6) is 0.739. The van der Waals surface area contributed by atoms with Crippen LogP contribution < -0.4 is 5.32 Å². The van der Waals surface area contributed by atoms with Crippen molar-refractivity contribution in [1.82, 2.24) is 25.9 Å². The van der Waals surface area contributed by atoms with Crippen molar-refractivity contribution in [3.63, 3.8) is 0 Å². The van der Waals surface area contributed by atoms with E-state index >= 15 is 0 Å². The van der Waals surface area contributed by atoms with Crippen LogP contribution in [0.15, 0.2) is 0 Å². The van der Waals surface area contributed by atoms with E-state index in [1.165, 1.54) is 32.1 Å². The summed E-state index contributed by atoms with van der Waals surface area (Å²) in [4.78, 5) is 0. The van der Waals surface area contributed by atoms with Crippen LogP contribution in [0.4, 0.5) is 0 Å². The molecule has 5 nitrogen and oxygen atoms in total. The summed E-state index contributed by atoms with van der Waals surface area (Å²) in [5.41, 5.74) is 0. The summed E-state index contributed by atoms with van der Waals surface area (Å²) in [5, 5.41) is 17.2.